The van der Waals surface area contributed by atoms with Crippen molar-refractivity contribution < 1.29 is 0 Å². The van der Waals surface area contributed by atoms with Gasteiger partial charge in [-0.05, 0) is 38.8 Å². The minimum Gasteiger partial charge on any atom is -0.307 e. The number of rotatable bonds is 3. The average Bonchev–Trinajstić information content (AvgIpc) is 3.07. The van der Waals surface area contributed by atoms with Crippen LogP contribution in [0, 0.1) is 13.8 Å². The van der Waals surface area contributed by atoms with Crippen molar-refractivity contribution in [1.82, 2.24) is 14.8 Å². The van der Waals surface area contributed by atoms with Crippen molar-refractivity contribution >= 4 is 15.9 Å². The third kappa shape index (κ3) is 2.09. The van der Waals surface area contributed by atoms with E-state index in [-0.39, 0.29) is 0 Å². The molecule has 0 spiro atoms. The van der Waals surface area contributed by atoms with Crippen LogP contribution in [-0.2, 0) is 5.33 Å². The number of halogens is 1. The second kappa shape index (κ2) is 4.50. The van der Waals surface area contributed by atoms with Gasteiger partial charge in [0.05, 0.1) is 5.33 Å². The molecule has 1 aromatic carbocycles. The van der Waals surface area contributed by atoms with E-state index >= 15 is 0 Å². The first-order valence-corrected chi connectivity index (χ1v) is 7.39. The van der Waals surface area contributed by atoms with Gasteiger partial charge < -0.3 is 4.57 Å². The van der Waals surface area contributed by atoms with E-state index in [4.69, 9.17) is 0 Å². The van der Waals surface area contributed by atoms with Crippen molar-refractivity contribution in [3.63, 3.8) is 0 Å². The maximum atomic E-state index is 4.38. The van der Waals surface area contributed by atoms with Crippen molar-refractivity contribution in [2.45, 2.75) is 38.1 Å². The van der Waals surface area contributed by atoms with E-state index in [0.717, 1.165) is 17.0 Å². The van der Waals surface area contributed by atoms with Gasteiger partial charge in [0.1, 0.15) is 5.82 Å². The van der Waals surface area contributed by atoms with E-state index < -0.39 is 0 Å². The molecule has 0 bridgehead atoms. The van der Waals surface area contributed by atoms with E-state index in [2.05, 4.69) is 62.7 Å². The van der Waals surface area contributed by atoms with Gasteiger partial charge in [0.2, 0.25) is 0 Å². The fourth-order valence-corrected chi connectivity index (χ4v) is 2.81. The van der Waals surface area contributed by atoms with Crippen LogP contribution >= 0.6 is 15.9 Å². The highest BCUT2D eigenvalue weighted by Crippen LogP contribution is 2.39. The first-order valence-electron chi connectivity index (χ1n) is 6.27. The molecule has 1 saturated carbocycles. The van der Waals surface area contributed by atoms with Gasteiger partial charge in [0.15, 0.2) is 5.82 Å². The van der Waals surface area contributed by atoms with Crippen LogP contribution in [0.1, 0.15) is 35.8 Å². The van der Waals surface area contributed by atoms with E-state index in [1.54, 1.807) is 0 Å². The lowest BCUT2D eigenvalue weighted by Crippen LogP contribution is -2.02. The van der Waals surface area contributed by atoms with Gasteiger partial charge in [-0.15, -0.1) is 10.2 Å². The Kier molecular flexibility index (Phi) is 2.98. The highest BCUT2D eigenvalue weighted by atomic mass is 79.9. The second-order valence-electron chi connectivity index (χ2n) is 5.05. The molecular formula is C14H16BrN3. The third-order valence-corrected chi connectivity index (χ3v) is 3.78. The number of nitrogens with zero attached hydrogens (tertiary/aromatic N) is 3. The van der Waals surface area contributed by atoms with Crippen molar-refractivity contribution in [3.05, 3.63) is 35.2 Å². The normalized spacial score (nSPS) is 15.1. The molecule has 18 heavy (non-hydrogen) atoms. The Morgan fingerprint density at radius 2 is 1.83 bits per heavy atom. The summed E-state index contributed by atoms with van der Waals surface area (Å²) in [6.45, 7) is 4.25. The molecular weight excluding hydrogens is 290 g/mol. The molecule has 0 aliphatic heterocycles. The quantitative estimate of drug-likeness (QED) is 0.808. The zero-order valence-electron chi connectivity index (χ0n) is 10.7. The molecule has 3 nitrogen and oxygen atoms in total. The lowest BCUT2D eigenvalue weighted by atomic mass is 10.1. The Hall–Kier alpha value is -1.16. The van der Waals surface area contributed by atoms with Crippen LogP contribution in [-0.4, -0.2) is 14.8 Å². The molecule has 2 aromatic rings. The number of alkyl halides is 1. The lowest BCUT2D eigenvalue weighted by Gasteiger charge is -2.09. The summed E-state index contributed by atoms with van der Waals surface area (Å²) in [6.07, 6.45) is 2.49. The van der Waals surface area contributed by atoms with Gasteiger partial charge in [-0.1, -0.05) is 33.1 Å². The molecule has 0 N–H and O–H groups in total. The summed E-state index contributed by atoms with van der Waals surface area (Å²) >= 11 is 3.50. The van der Waals surface area contributed by atoms with Gasteiger partial charge in [0, 0.05) is 11.6 Å². The molecule has 1 aromatic heterocycles. The molecule has 1 heterocycles. The van der Waals surface area contributed by atoms with E-state index in [1.807, 2.05) is 0 Å². The fourth-order valence-electron chi connectivity index (χ4n) is 2.43. The van der Waals surface area contributed by atoms with Gasteiger partial charge in [0.25, 0.3) is 0 Å². The topological polar surface area (TPSA) is 30.7 Å². The van der Waals surface area contributed by atoms with Gasteiger partial charge >= 0.3 is 0 Å². The molecule has 94 valence electrons. The SMILES string of the molecule is Cc1cc(C)cc(-c2nnc(CBr)n2C2CC2)c1. The van der Waals surface area contributed by atoms with Crippen LogP contribution in [0.25, 0.3) is 11.4 Å². The number of hydrogen-bond acceptors (Lipinski definition) is 2. The smallest absolute Gasteiger partial charge is 0.164 e. The number of hydrogen-bond donors (Lipinski definition) is 0. The predicted octanol–water partition coefficient (Wildman–Crippen LogP) is 3.79. The standard InChI is InChI=1S/C14H16BrN3/c1-9-5-10(2)7-11(6-9)14-17-16-13(8-15)18(14)12-3-4-12/h5-7,12H,3-4,8H2,1-2H3. The summed E-state index contributed by atoms with van der Waals surface area (Å²) in [5.74, 6) is 2.05. The maximum absolute atomic E-state index is 4.38. The van der Waals surface area contributed by atoms with Crippen LogP contribution in [0.3, 0.4) is 0 Å². The van der Waals surface area contributed by atoms with E-state index in [1.165, 1.54) is 29.5 Å². The summed E-state index contributed by atoms with van der Waals surface area (Å²) in [4.78, 5) is 0. The monoisotopic (exact) mass is 305 g/mol. The minimum absolute atomic E-state index is 0.600. The zero-order chi connectivity index (χ0) is 12.7. The molecule has 0 radical (unpaired) electrons. The molecule has 1 aliphatic carbocycles. The lowest BCUT2D eigenvalue weighted by molar-refractivity contribution is 0.714. The molecule has 0 saturated heterocycles. The Morgan fingerprint density at radius 1 is 1.17 bits per heavy atom. The highest BCUT2D eigenvalue weighted by Gasteiger charge is 2.29. The summed E-state index contributed by atoms with van der Waals surface area (Å²) in [6, 6.07) is 7.16. The average molecular weight is 306 g/mol. The first-order chi connectivity index (χ1) is 8.69. The number of benzene rings is 1. The van der Waals surface area contributed by atoms with Crippen LogP contribution in [0.2, 0.25) is 0 Å². The summed E-state index contributed by atoms with van der Waals surface area (Å²) < 4.78 is 2.29. The van der Waals surface area contributed by atoms with Gasteiger partial charge in [-0.25, -0.2) is 0 Å². The molecule has 0 unspecified atom stereocenters. The van der Waals surface area contributed by atoms with Crippen LogP contribution in [0.5, 0.6) is 0 Å². The van der Waals surface area contributed by atoms with Crippen molar-refractivity contribution in [2.24, 2.45) is 0 Å². The summed E-state index contributed by atoms with van der Waals surface area (Å²) in [5.41, 5.74) is 3.73. The summed E-state index contributed by atoms with van der Waals surface area (Å²) in [5, 5.41) is 9.45. The van der Waals surface area contributed by atoms with E-state index in [9.17, 15) is 0 Å². The number of aryl methyl sites for hydroxylation is 2. The minimum atomic E-state index is 0.600. The molecule has 1 fully saturated rings. The molecule has 3 rings (SSSR count). The van der Waals surface area contributed by atoms with E-state index in [0.29, 0.717) is 6.04 Å². The Morgan fingerprint density at radius 3 is 2.39 bits per heavy atom. The largest absolute Gasteiger partial charge is 0.307 e. The van der Waals surface area contributed by atoms with Crippen LogP contribution < -0.4 is 0 Å². The maximum Gasteiger partial charge on any atom is 0.164 e. The molecule has 4 heteroatoms. The fraction of sp³-hybridized carbons (Fsp3) is 0.429. The molecule has 1 aliphatic rings. The predicted molar refractivity (Wildman–Crippen MR) is 75.8 cm³/mol. The van der Waals surface area contributed by atoms with Gasteiger partial charge in [-0.3, -0.25) is 0 Å². The van der Waals surface area contributed by atoms with Crippen LogP contribution in [0.15, 0.2) is 18.2 Å². The third-order valence-electron chi connectivity index (χ3n) is 3.28. The Labute approximate surface area is 115 Å². The Balaban J connectivity index is 2.13. The number of aromatic nitrogens is 3. The molecule has 0 atom stereocenters. The first kappa shape index (κ1) is 11.9. The van der Waals surface area contributed by atoms with Crippen molar-refractivity contribution in [1.29, 1.82) is 0 Å². The van der Waals surface area contributed by atoms with Gasteiger partial charge in [-0.2, -0.15) is 0 Å². The highest BCUT2D eigenvalue weighted by molar-refractivity contribution is 9.08. The van der Waals surface area contributed by atoms with Crippen LogP contribution in [0.4, 0.5) is 0 Å². The molecule has 0 amide bonds. The second-order valence-corrected chi connectivity index (χ2v) is 5.61. The van der Waals surface area contributed by atoms with Crippen molar-refractivity contribution in [3.8, 4) is 11.4 Å². The van der Waals surface area contributed by atoms with Crippen molar-refractivity contribution in [2.75, 3.05) is 0 Å². The zero-order valence-corrected chi connectivity index (χ0v) is 12.2. The summed E-state index contributed by atoms with van der Waals surface area (Å²) in [7, 11) is 0. The Bertz CT molecular complexity index is 564.